The van der Waals surface area contributed by atoms with Crippen molar-refractivity contribution in [3.8, 4) is 5.75 Å². The van der Waals surface area contributed by atoms with Gasteiger partial charge in [-0.05, 0) is 270 Å². The summed E-state index contributed by atoms with van der Waals surface area (Å²) in [5.74, 6) is 2.63. The zero-order chi connectivity index (χ0) is 84.3. The molecule has 14 nitrogen and oxygen atoms in total. The first-order valence-electron chi connectivity index (χ1n) is 46.2. The number of hydrogen-bond donors (Lipinski definition) is 1. The summed E-state index contributed by atoms with van der Waals surface area (Å²) in [4.78, 5) is 34.7. The lowest BCUT2D eigenvalue weighted by Gasteiger charge is -2.38. The largest absolute Gasteiger partial charge is 0.492 e. The monoisotopic (exact) mass is 1640 g/mol. The molecule has 9 fully saturated rings. The van der Waals surface area contributed by atoms with Gasteiger partial charge in [0.05, 0.1) is 5.00 Å². The summed E-state index contributed by atoms with van der Waals surface area (Å²) in [5, 5.41) is 5.01. The fourth-order valence-electron chi connectivity index (χ4n) is 17.0. The molecule has 1 N–H and O–H groups in total. The molecule has 8 aromatic rings. The molecule has 2 unspecified atom stereocenters. The number of hydrogen-bond acceptors (Lipinski definition) is 15. The zero-order valence-electron chi connectivity index (χ0n) is 76.2. The highest BCUT2D eigenvalue weighted by Gasteiger charge is 2.32. The number of ether oxygens (including phenoxy) is 1. The highest BCUT2D eigenvalue weighted by atomic mass is 32.1. The quantitative estimate of drug-likeness (QED) is 0.106. The van der Waals surface area contributed by atoms with Crippen LogP contribution in [0.2, 0.25) is 0 Å². The Morgan fingerprint density at radius 2 is 0.874 bits per heavy atom. The smallest absolute Gasteiger partial charge is 0.225 e. The Hall–Kier alpha value is -7.41. The lowest BCUT2D eigenvalue weighted by Crippen LogP contribution is -2.54. The van der Waals surface area contributed by atoms with E-state index in [1.807, 2.05) is 54.9 Å². The standard InChI is InChI=1S/C15H22FNO.C14H20N2.C14H22N2.C14H21N.C13H20N2.C13H18.C10H16N4.C10H15NS/c1-13-3-5-14(6-4-13)18-12-11-17-9-7-15(2,16)8-10-17;1-12-2-4-13(5-3-12)15-8-10-16(11-9-15)14-6-7-14;1-12(2)15-8-10-16(11-9-15)14-6-4-13(3)5-7-14;1-13-5-7-14(8-6-13)9-12-15-10-3-2-4-11-15;1-10-4-6-13(7-5-10)15-8-11(2)14-12(3)9-15;1-11-7-9-13(10-8-11)12-5-3-2-4-6-12;1-9-7-11-10(12-8-9)14-5-3-13(2)4-6-14;1-9-5-6-10(12-9)11-7-3-2-4-8-11/h3-6H,7-12H2,1-2H3;2-5,14H,6-11H2,1H3;4-7,12H,8-11H2,1-3H3;5-8H,2-4,9-12H2,1H3;4-7,11-12,14H,8-9H2,1-3H3;7-10,12H,2-6H2,1H3;7-8H,3-6H2,1-2H3;5-6H,2-4,7-8H2,1H3. The summed E-state index contributed by atoms with van der Waals surface area (Å²) in [6.07, 6.45) is 24.6. The maximum absolute atomic E-state index is 13.6. The van der Waals surface area contributed by atoms with Gasteiger partial charge in [0.15, 0.2) is 0 Å². The van der Waals surface area contributed by atoms with Crippen LogP contribution in [0.5, 0.6) is 5.75 Å². The molecule has 2 saturated carbocycles. The molecule has 6 aromatic carbocycles. The minimum absolute atomic E-state index is 0.579. The lowest BCUT2D eigenvalue weighted by molar-refractivity contribution is 0.0669. The lowest BCUT2D eigenvalue weighted by atomic mass is 9.84. The van der Waals surface area contributed by atoms with Crippen LogP contribution >= 0.6 is 11.3 Å². The second-order valence-electron chi connectivity index (χ2n) is 36.3. The summed E-state index contributed by atoms with van der Waals surface area (Å²) in [6, 6.07) is 60.0. The minimum atomic E-state index is -0.964. The van der Waals surface area contributed by atoms with Gasteiger partial charge in [-0.25, -0.2) is 14.4 Å². The number of likely N-dealkylation sites (N-methyl/N-ethyl adjacent to an activating group) is 1. The first-order chi connectivity index (χ1) is 57.5. The third kappa shape index (κ3) is 34.1. The number of nitrogens with one attached hydrogen (secondary N) is 1. The molecule has 2 aliphatic carbocycles. The van der Waals surface area contributed by atoms with E-state index in [1.54, 1.807) is 12.5 Å². The minimum Gasteiger partial charge on any atom is -0.492 e. The van der Waals surface area contributed by atoms with Crippen LogP contribution < -0.4 is 34.6 Å². The molecular weight excluding hydrogens is 1490 g/mol. The second-order valence-corrected chi connectivity index (χ2v) is 37.6. The highest BCUT2D eigenvalue weighted by Crippen LogP contribution is 2.34. The van der Waals surface area contributed by atoms with Crippen LogP contribution in [-0.4, -0.2) is 222 Å². The molecule has 0 amide bonds. The molecule has 16 heteroatoms. The SMILES string of the molecule is Cc1ccc(C2CCCCC2)cc1.Cc1ccc(CCN2CCCCC2)cc1.Cc1ccc(N2CC(C)NC(C)C2)cc1.Cc1ccc(N2CCCCC2)s1.Cc1ccc(N2CCN(C(C)C)CC2)cc1.Cc1ccc(N2CCN(C3CC3)CC2)cc1.Cc1ccc(OCCN2CCC(C)(F)CC2)cc1.Cc1cnc(N2CCN(C)CC2)nc1. The summed E-state index contributed by atoms with van der Waals surface area (Å²) in [7, 11) is 2.15. The molecule has 0 spiro atoms. The van der Waals surface area contributed by atoms with Crippen LogP contribution in [0.15, 0.2) is 170 Å². The molecule has 2 aromatic heterocycles. The van der Waals surface area contributed by atoms with Gasteiger partial charge in [0, 0.05) is 189 Å². The van der Waals surface area contributed by atoms with Gasteiger partial charge in [-0.2, -0.15) is 0 Å². The van der Waals surface area contributed by atoms with Gasteiger partial charge in [0.2, 0.25) is 5.95 Å². The van der Waals surface area contributed by atoms with Crippen LogP contribution in [0.3, 0.4) is 0 Å². The van der Waals surface area contributed by atoms with E-state index < -0.39 is 5.67 Å². The maximum Gasteiger partial charge on any atom is 0.225 e. The summed E-state index contributed by atoms with van der Waals surface area (Å²) < 4.78 is 19.3. The first-order valence-corrected chi connectivity index (χ1v) is 47.0. The Labute approximate surface area is 725 Å². The van der Waals surface area contributed by atoms with Gasteiger partial charge < -0.3 is 44.4 Å². The van der Waals surface area contributed by atoms with E-state index in [0.29, 0.717) is 37.6 Å². The number of likely N-dealkylation sites (tertiary alicyclic amines) is 2. The molecule has 17 rings (SSSR count). The van der Waals surface area contributed by atoms with Gasteiger partial charge in [-0.3, -0.25) is 14.7 Å². The van der Waals surface area contributed by atoms with Gasteiger partial charge in [-0.1, -0.05) is 156 Å². The maximum atomic E-state index is 13.6. The summed E-state index contributed by atoms with van der Waals surface area (Å²) in [5.41, 5.74) is 15.3. The molecule has 9 heterocycles. The van der Waals surface area contributed by atoms with Crippen molar-refractivity contribution in [2.24, 2.45) is 0 Å². The Bertz CT molecular complexity index is 3940. The Morgan fingerprint density at radius 1 is 0.437 bits per heavy atom. The van der Waals surface area contributed by atoms with Crippen LogP contribution in [0.25, 0.3) is 0 Å². The van der Waals surface area contributed by atoms with E-state index in [4.69, 9.17) is 4.74 Å². The van der Waals surface area contributed by atoms with Crippen molar-refractivity contribution in [1.82, 2.24) is 39.8 Å². The average molecular weight is 1640 g/mol. The molecule has 0 bridgehead atoms. The van der Waals surface area contributed by atoms with Crippen molar-refractivity contribution >= 4 is 39.3 Å². The molecule has 9 aliphatic rings. The first kappa shape index (κ1) is 93.9. The number of aryl methyl sites for hydroxylation is 8. The number of benzene rings is 6. The number of piperidine rings is 3. The number of rotatable bonds is 15. The third-order valence-electron chi connectivity index (χ3n) is 25.2. The number of aromatic nitrogens is 2. The normalized spacial score (nSPS) is 20.2. The number of alkyl halides is 1. The molecule has 7 aliphatic heterocycles. The van der Waals surface area contributed by atoms with Crippen molar-refractivity contribution < 1.29 is 9.13 Å². The Morgan fingerprint density at radius 3 is 1.35 bits per heavy atom. The van der Waals surface area contributed by atoms with Crippen LogP contribution in [0, 0.1) is 55.4 Å². The van der Waals surface area contributed by atoms with Crippen molar-refractivity contribution in [2.75, 3.05) is 182 Å². The van der Waals surface area contributed by atoms with E-state index in [-0.39, 0.29) is 0 Å². The summed E-state index contributed by atoms with van der Waals surface area (Å²) in [6.45, 7) is 53.4. The Balaban J connectivity index is 0.000000143. The van der Waals surface area contributed by atoms with Crippen LogP contribution in [0.1, 0.15) is 192 Å². The van der Waals surface area contributed by atoms with Crippen molar-refractivity contribution in [2.45, 2.75) is 228 Å². The van der Waals surface area contributed by atoms with E-state index in [1.165, 1.54) is 228 Å². The number of nitrogens with zero attached hydrogens (tertiary/aromatic N) is 12. The predicted octanol–water partition coefficient (Wildman–Crippen LogP) is 20.8. The third-order valence-corrected chi connectivity index (χ3v) is 26.2. The highest BCUT2D eigenvalue weighted by molar-refractivity contribution is 7.16. The average Bonchev–Trinajstić information content (AvgIpc) is 1.67. The second kappa shape index (κ2) is 49.6. The predicted molar refractivity (Wildman–Crippen MR) is 509 cm³/mol. The van der Waals surface area contributed by atoms with E-state index in [0.717, 1.165) is 101 Å². The summed E-state index contributed by atoms with van der Waals surface area (Å²) >= 11 is 1.92. The van der Waals surface area contributed by atoms with Crippen molar-refractivity contribution in [3.63, 3.8) is 0 Å². The van der Waals surface area contributed by atoms with Gasteiger partial charge >= 0.3 is 0 Å². The van der Waals surface area contributed by atoms with Gasteiger partial charge in [0.1, 0.15) is 18.0 Å². The van der Waals surface area contributed by atoms with Gasteiger partial charge in [-0.15, -0.1) is 11.3 Å². The van der Waals surface area contributed by atoms with Gasteiger partial charge in [0.25, 0.3) is 0 Å². The van der Waals surface area contributed by atoms with Crippen molar-refractivity contribution in [3.05, 3.63) is 225 Å². The Kier molecular flexibility index (Phi) is 39.1. The van der Waals surface area contributed by atoms with E-state index >= 15 is 0 Å². The fourth-order valence-corrected chi connectivity index (χ4v) is 17.9. The van der Waals surface area contributed by atoms with E-state index in [2.05, 4.69) is 281 Å². The molecule has 650 valence electrons. The number of halogens is 1. The molecule has 7 saturated heterocycles. The van der Waals surface area contributed by atoms with Crippen molar-refractivity contribution in [1.29, 1.82) is 0 Å². The van der Waals surface area contributed by atoms with Crippen LogP contribution in [-0.2, 0) is 6.42 Å². The van der Waals surface area contributed by atoms with Crippen LogP contribution in [0.4, 0.5) is 32.4 Å². The number of piperazine rings is 4. The molecular formula is C103H154FN13OS. The fraction of sp³-hybridized carbons (Fsp3) is 0.573. The molecule has 0 radical (unpaired) electrons. The number of anilines is 5. The topological polar surface area (TPSA) is 79.4 Å². The zero-order valence-corrected chi connectivity index (χ0v) is 77.0. The molecule has 2 atom stereocenters. The number of thiophene rings is 1. The molecule has 119 heavy (non-hydrogen) atoms. The van der Waals surface area contributed by atoms with E-state index in [9.17, 15) is 4.39 Å².